The first-order chi connectivity index (χ1) is 24.2. The van der Waals surface area contributed by atoms with Crippen LogP contribution in [0.4, 0.5) is 0 Å². The minimum absolute atomic E-state index is 0.0731. The summed E-state index contributed by atoms with van der Waals surface area (Å²) in [6.07, 6.45) is 39.3. The van der Waals surface area contributed by atoms with Crippen molar-refractivity contribution < 1.29 is 9.53 Å². The lowest BCUT2D eigenvalue weighted by atomic mass is 9.43. The van der Waals surface area contributed by atoms with Crippen LogP contribution < -0.4 is 0 Å². The number of hydrogen-bond acceptors (Lipinski definition) is 2. The Morgan fingerprint density at radius 2 is 1.24 bits per heavy atom. The largest absolute Gasteiger partial charge is 0.462 e. The second-order valence-corrected chi connectivity index (χ2v) is 19.6. The van der Waals surface area contributed by atoms with Gasteiger partial charge in [0.1, 0.15) is 6.10 Å². The third kappa shape index (κ3) is 11.1. The van der Waals surface area contributed by atoms with E-state index in [2.05, 4.69) is 54.2 Å². The lowest BCUT2D eigenvalue weighted by Gasteiger charge is -2.63. The maximum absolute atomic E-state index is 13.2. The van der Waals surface area contributed by atoms with Gasteiger partial charge in [-0.1, -0.05) is 157 Å². The summed E-state index contributed by atoms with van der Waals surface area (Å²) in [5, 5.41) is 0. The maximum Gasteiger partial charge on any atom is 0.306 e. The van der Waals surface area contributed by atoms with Crippen LogP contribution in [0.2, 0.25) is 0 Å². The molecule has 0 aliphatic heterocycles. The number of carbonyl (C=O) groups is 1. The predicted molar refractivity (Wildman–Crippen MR) is 216 cm³/mol. The molecule has 0 radical (unpaired) electrons. The zero-order valence-corrected chi connectivity index (χ0v) is 34.6. The molecule has 0 unspecified atom stereocenters. The van der Waals surface area contributed by atoms with E-state index in [0.29, 0.717) is 29.1 Å². The third-order valence-corrected chi connectivity index (χ3v) is 15.8. The molecule has 0 spiro atoms. The molecular weight excluding hydrogens is 609 g/mol. The average molecular weight is 695 g/mol. The van der Waals surface area contributed by atoms with Gasteiger partial charge in [0.25, 0.3) is 0 Å². The highest BCUT2D eigenvalue weighted by atomic mass is 16.5. The van der Waals surface area contributed by atoms with Crippen molar-refractivity contribution in [2.45, 2.75) is 227 Å². The van der Waals surface area contributed by atoms with E-state index in [1.54, 1.807) is 0 Å². The molecule has 4 rings (SSSR count). The molecule has 0 heterocycles. The molecule has 4 saturated carbocycles. The quantitative estimate of drug-likeness (QED) is 0.0571. The molecule has 2 nitrogen and oxygen atoms in total. The van der Waals surface area contributed by atoms with Crippen LogP contribution in [-0.4, -0.2) is 12.1 Å². The van der Waals surface area contributed by atoms with Crippen molar-refractivity contribution in [3.05, 3.63) is 12.7 Å². The molecule has 4 fully saturated rings. The maximum atomic E-state index is 13.2. The Bertz CT molecular complexity index is 969. The second-order valence-electron chi connectivity index (χ2n) is 19.6. The molecule has 0 saturated heterocycles. The van der Waals surface area contributed by atoms with Crippen molar-refractivity contribution in [3.8, 4) is 0 Å². The predicted octanol–water partition coefficient (Wildman–Crippen LogP) is 15.1. The molecule has 0 aromatic heterocycles. The molecule has 10 atom stereocenters. The van der Waals surface area contributed by atoms with E-state index in [4.69, 9.17) is 4.74 Å². The van der Waals surface area contributed by atoms with Gasteiger partial charge in [-0.2, -0.15) is 0 Å². The number of ether oxygens (including phenoxy) is 1. The van der Waals surface area contributed by atoms with Gasteiger partial charge < -0.3 is 4.74 Å². The molecule has 2 heteroatoms. The highest BCUT2D eigenvalue weighted by Gasteiger charge is 2.62. The molecule has 0 N–H and O–H groups in total. The van der Waals surface area contributed by atoms with Crippen molar-refractivity contribution in [2.24, 2.45) is 58.2 Å². The van der Waals surface area contributed by atoms with Crippen LogP contribution in [0.1, 0.15) is 221 Å². The first-order valence-electron chi connectivity index (χ1n) is 23.0. The Morgan fingerprint density at radius 1 is 0.680 bits per heavy atom. The smallest absolute Gasteiger partial charge is 0.306 e. The summed E-state index contributed by atoms with van der Waals surface area (Å²) in [6.45, 7) is 19.3. The van der Waals surface area contributed by atoms with Gasteiger partial charge in [0, 0.05) is 12.3 Å². The van der Waals surface area contributed by atoms with Crippen LogP contribution in [-0.2, 0) is 9.53 Å². The van der Waals surface area contributed by atoms with Crippen molar-refractivity contribution >= 4 is 5.97 Å². The number of unbranched alkanes of at least 4 members (excludes halogenated alkanes) is 14. The first-order valence-corrected chi connectivity index (χ1v) is 23.0. The minimum Gasteiger partial charge on any atom is -0.462 e. The van der Waals surface area contributed by atoms with Crippen LogP contribution in [0.15, 0.2) is 12.7 Å². The number of esters is 1. The molecule has 4 aliphatic rings. The van der Waals surface area contributed by atoms with Gasteiger partial charge in [-0.05, 0) is 116 Å². The number of fused-ring (bicyclic) bond motifs is 5. The van der Waals surface area contributed by atoms with Gasteiger partial charge in [0.2, 0.25) is 0 Å². The van der Waals surface area contributed by atoms with E-state index < -0.39 is 0 Å². The minimum atomic E-state index is 0.0731. The molecule has 0 aromatic carbocycles. The SMILES string of the molecule is C=CC[C@@H]1[C@H](OC(=O)CCCCCCCCCCCCCCCCC)CC[C@@]2(C)[C@H]1CC[C@@H]1[C@@H]2CC[C@]2(C)[C@@H]([C@H](C)CCCC(C)C)CC[C@@H]12. The van der Waals surface area contributed by atoms with Crippen LogP contribution in [0, 0.1) is 58.2 Å². The summed E-state index contributed by atoms with van der Waals surface area (Å²) in [4.78, 5) is 13.2. The van der Waals surface area contributed by atoms with Gasteiger partial charge in [-0.3, -0.25) is 4.79 Å². The van der Waals surface area contributed by atoms with Gasteiger partial charge in [-0.15, -0.1) is 6.58 Å². The summed E-state index contributed by atoms with van der Waals surface area (Å²) in [6, 6.07) is 0. The molecule has 290 valence electrons. The fourth-order valence-corrected chi connectivity index (χ4v) is 13.0. The van der Waals surface area contributed by atoms with E-state index in [9.17, 15) is 4.79 Å². The number of carbonyl (C=O) groups excluding carboxylic acids is 1. The molecule has 50 heavy (non-hydrogen) atoms. The van der Waals surface area contributed by atoms with Crippen molar-refractivity contribution in [3.63, 3.8) is 0 Å². The molecular formula is C48H86O2. The lowest BCUT2D eigenvalue weighted by Crippen LogP contribution is -2.57. The summed E-state index contributed by atoms with van der Waals surface area (Å²) >= 11 is 0. The lowest BCUT2D eigenvalue weighted by molar-refractivity contribution is -0.177. The summed E-state index contributed by atoms with van der Waals surface area (Å²) < 4.78 is 6.39. The number of allylic oxidation sites excluding steroid dienone is 1. The Balaban J connectivity index is 1.17. The Hall–Kier alpha value is -0.790. The van der Waals surface area contributed by atoms with Crippen molar-refractivity contribution in [1.82, 2.24) is 0 Å². The van der Waals surface area contributed by atoms with Gasteiger partial charge >= 0.3 is 5.97 Å². The van der Waals surface area contributed by atoms with Crippen molar-refractivity contribution in [2.75, 3.05) is 0 Å². The zero-order chi connectivity index (χ0) is 36.0. The monoisotopic (exact) mass is 695 g/mol. The van der Waals surface area contributed by atoms with Gasteiger partial charge in [0.15, 0.2) is 0 Å². The van der Waals surface area contributed by atoms with Crippen LogP contribution in [0.3, 0.4) is 0 Å². The first kappa shape index (κ1) is 42.0. The third-order valence-electron chi connectivity index (χ3n) is 15.8. The zero-order valence-electron chi connectivity index (χ0n) is 34.6. The van der Waals surface area contributed by atoms with Crippen LogP contribution in [0.25, 0.3) is 0 Å². The standard InChI is InChI=1S/C48H86O2/c1-8-10-11-12-13-14-15-16-17-18-19-20-21-22-23-28-46(49)50-45-34-36-48(7)43(40(45)25-9-2)30-29-39-42-32-31-41(38(5)27-24-26-37(3)4)47(42,6)35-33-44(39)48/h9,37-45H,2,8,10-36H2,1,3-7H3/t38-,39+,40+,41-,42+,43+,44+,45-,47-,48+/m1/s1. The topological polar surface area (TPSA) is 26.3 Å². The molecule has 0 amide bonds. The van der Waals surface area contributed by atoms with Gasteiger partial charge in [-0.25, -0.2) is 0 Å². The highest BCUT2D eigenvalue weighted by molar-refractivity contribution is 5.69. The van der Waals surface area contributed by atoms with E-state index in [0.717, 1.165) is 54.8 Å². The Labute approximate surface area is 312 Å². The second kappa shape index (κ2) is 21.2. The van der Waals surface area contributed by atoms with Crippen molar-refractivity contribution in [1.29, 1.82) is 0 Å². The average Bonchev–Trinajstić information content (AvgIpc) is 3.45. The van der Waals surface area contributed by atoms with Gasteiger partial charge in [0.05, 0.1) is 0 Å². The van der Waals surface area contributed by atoms with E-state index in [-0.39, 0.29) is 12.1 Å². The molecule has 4 aliphatic carbocycles. The molecule has 0 aromatic rings. The normalized spacial score (nSPS) is 34.2. The van der Waals surface area contributed by atoms with E-state index in [1.165, 1.54) is 154 Å². The Morgan fingerprint density at radius 3 is 1.84 bits per heavy atom. The highest BCUT2D eigenvalue weighted by Crippen LogP contribution is 2.69. The fourth-order valence-electron chi connectivity index (χ4n) is 13.0. The fraction of sp³-hybridized carbons (Fsp3) is 0.938. The van der Waals surface area contributed by atoms with E-state index >= 15 is 0 Å². The number of hydrogen-bond donors (Lipinski definition) is 0. The Kier molecular flexibility index (Phi) is 17.8. The van der Waals surface area contributed by atoms with E-state index in [1.807, 2.05) is 0 Å². The summed E-state index contributed by atoms with van der Waals surface area (Å²) in [5.41, 5.74) is 0.956. The molecule has 0 bridgehead atoms. The summed E-state index contributed by atoms with van der Waals surface area (Å²) in [5.74, 6) is 6.56. The number of rotatable bonds is 24. The summed E-state index contributed by atoms with van der Waals surface area (Å²) in [7, 11) is 0. The van der Waals surface area contributed by atoms with Crippen LogP contribution >= 0.6 is 0 Å². The van der Waals surface area contributed by atoms with Crippen LogP contribution in [0.5, 0.6) is 0 Å².